The maximum Gasteiger partial charge on any atom is 0.251 e. The molecule has 9 heteroatoms. The van der Waals surface area contributed by atoms with Gasteiger partial charge in [0.25, 0.3) is 12.3 Å². The topological polar surface area (TPSA) is 60.5 Å². The minimum absolute atomic E-state index is 0.0901. The third-order valence-electron chi connectivity index (χ3n) is 7.60. The summed E-state index contributed by atoms with van der Waals surface area (Å²) in [4.78, 5) is 20.6. The standard InChI is InChI=1S/C29H28F3N5O/c1-17-15-34-28-25(24-12-19-6-7-33-29(38)23(19)13-21(17)24)14-22(27(32)35-28)18-2-4-20(5-3-18)37-10-8-36(9-11-37)16-26(30)31/h2-5,12-14,26H,1,6-11,15-16H2,(H,33,38)(H,34,35). The van der Waals surface area contributed by atoms with Crippen molar-refractivity contribution in [2.24, 2.45) is 0 Å². The van der Waals surface area contributed by atoms with Crippen molar-refractivity contribution in [2.75, 3.05) is 56.0 Å². The molecule has 196 valence electrons. The van der Waals surface area contributed by atoms with Gasteiger partial charge in [-0.2, -0.15) is 4.39 Å². The molecule has 3 aliphatic rings. The van der Waals surface area contributed by atoms with Crippen LogP contribution in [0.3, 0.4) is 0 Å². The Morgan fingerprint density at radius 1 is 0.921 bits per heavy atom. The molecule has 2 N–H and O–H groups in total. The molecule has 4 heterocycles. The molecule has 0 spiro atoms. The molecular formula is C29H28F3N5O. The second-order valence-electron chi connectivity index (χ2n) is 9.97. The van der Waals surface area contributed by atoms with Gasteiger partial charge in [-0.15, -0.1) is 0 Å². The minimum atomic E-state index is -2.32. The fraction of sp³-hybridized carbons (Fsp3) is 0.310. The Labute approximate surface area is 219 Å². The van der Waals surface area contributed by atoms with E-state index in [0.717, 1.165) is 39.9 Å². The maximum absolute atomic E-state index is 15.3. The summed E-state index contributed by atoms with van der Waals surface area (Å²) in [6, 6.07) is 13.3. The zero-order valence-electron chi connectivity index (χ0n) is 20.9. The molecule has 0 radical (unpaired) electrons. The normalized spacial score (nSPS) is 17.3. The van der Waals surface area contributed by atoms with E-state index < -0.39 is 12.4 Å². The first-order valence-electron chi connectivity index (χ1n) is 12.8. The van der Waals surface area contributed by atoms with Gasteiger partial charge >= 0.3 is 0 Å². The van der Waals surface area contributed by atoms with E-state index in [0.29, 0.717) is 61.8 Å². The molecule has 1 saturated heterocycles. The van der Waals surface area contributed by atoms with Crippen molar-refractivity contribution in [3.63, 3.8) is 0 Å². The van der Waals surface area contributed by atoms with E-state index in [-0.39, 0.29) is 12.5 Å². The molecule has 0 aliphatic carbocycles. The Morgan fingerprint density at radius 3 is 2.39 bits per heavy atom. The molecule has 1 fully saturated rings. The van der Waals surface area contributed by atoms with Gasteiger partial charge in [-0.05, 0) is 64.6 Å². The highest BCUT2D eigenvalue weighted by atomic mass is 19.3. The highest BCUT2D eigenvalue weighted by Gasteiger charge is 2.26. The van der Waals surface area contributed by atoms with Crippen LogP contribution in [-0.4, -0.2) is 68.0 Å². The van der Waals surface area contributed by atoms with E-state index >= 15 is 4.39 Å². The third-order valence-corrected chi connectivity index (χ3v) is 7.60. The molecule has 3 aromatic rings. The van der Waals surface area contributed by atoms with Crippen LogP contribution < -0.4 is 15.5 Å². The molecule has 2 aromatic carbocycles. The lowest BCUT2D eigenvalue weighted by molar-refractivity contribution is 0.0854. The Bertz CT molecular complexity index is 1410. The predicted molar refractivity (Wildman–Crippen MR) is 143 cm³/mol. The summed E-state index contributed by atoms with van der Waals surface area (Å²) < 4.78 is 40.7. The van der Waals surface area contributed by atoms with Crippen LogP contribution in [0.5, 0.6) is 0 Å². The van der Waals surface area contributed by atoms with Crippen LogP contribution in [0.1, 0.15) is 21.5 Å². The van der Waals surface area contributed by atoms with Gasteiger partial charge in [0, 0.05) is 61.6 Å². The number of alkyl halides is 2. The van der Waals surface area contributed by atoms with Crippen LogP contribution in [0, 0.1) is 5.95 Å². The van der Waals surface area contributed by atoms with Crippen LogP contribution in [-0.2, 0) is 6.42 Å². The van der Waals surface area contributed by atoms with Gasteiger partial charge in [0.1, 0.15) is 5.82 Å². The van der Waals surface area contributed by atoms with Crippen LogP contribution in [0.2, 0.25) is 0 Å². The molecule has 0 atom stereocenters. The molecule has 1 amide bonds. The van der Waals surface area contributed by atoms with E-state index in [4.69, 9.17) is 0 Å². The minimum Gasteiger partial charge on any atom is -0.369 e. The summed E-state index contributed by atoms with van der Waals surface area (Å²) >= 11 is 0. The zero-order valence-corrected chi connectivity index (χ0v) is 20.9. The molecule has 0 saturated carbocycles. The third kappa shape index (κ3) is 4.51. The number of aromatic nitrogens is 1. The number of amides is 1. The summed E-state index contributed by atoms with van der Waals surface area (Å²) in [5, 5.41) is 6.09. The first-order valence-corrected chi connectivity index (χ1v) is 12.8. The Hall–Kier alpha value is -3.85. The number of piperazine rings is 1. The van der Waals surface area contributed by atoms with Gasteiger partial charge in [-0.25, -0.2) is 13.8 Å². The van der Waals surface area contributed by atoms with Crippen LogP contribution in [0.15, 0.2) is 49.0 Å². The van der Waals surface area contributed by atoms with E-state index in [2.05, 4.69) is 27.1 Å². The molecular weight excluding hydrogens is 491 g/mol. The molecule has 6 nitrogen and oxygen atoms in total. The molecule has 3 aliphatic heterocycles. The summed E-state index contributed by atoms with van der Waals surface area (Å²) in [7, 11) is 0. The van der Waals surface area contributed by atoms with E-state index in [1.54, 1.807) is 4.90 Å². The first kappa shape index (κ1) is 24.5. The molecule has 1 aromatic heterocycles. The van der Waals surface area contributed by atoms with Gasteiger partial charge in [0.15, 0.2) is 0 Å². The second kappa shape index (κ2) is 9.79. The number of anilines is 2. The highest BCUT2D eigenvalue weighted by molar-refractivity contribution is 6.01. The smallest absolute Gasteiger partial charge is 0.251 e. The Kier molecular flexibility index (Phi) is 6.31. The van der Waals surface area contributed by atoms with Crippen molar-refractivity contribution in [1.29, 1.82) is 0 Å². The number of carbonyl (C=O) groups is 1. The molecule has 6 rings (SSSR count). The number of nitrogens with one attached hydrogen (secondary N) is 2. The number of benzene rings is 2. The maximum atomic E-state index is 15.3. The van der Waals surface area contributed by atoms with Crippen molar-refractivity contribution in [3.05, 3.63) is 71.7 Å². The van der Waals surface area contributed by atoms with Gasteiger partial charge in [0.2, 0.25) is 5.95 Å². The summed E-state index contributed by atoms with van der Waals surface area (Å²) in [5.41, 5.74) is 6.97. The van der Waals surface area contributed by atoms with Crippen LogP contribution in [0.25, 0.3) is 27.8 Å². The van der Waals surface area contributed by atoms with Gasteiger partial charge < -0.3 is 15.5 Å². The van der Waals surface area contributed by atoms with Crippen molar-refractivity contribution in [3.8, 4) is 22.3 Å². The fourth-order valence-corrected chi connectivity index (χ4v) is 5.54. The van der Waals surface area contributed by atoms with Crippen molar-refractivity contribution in [1.82, 2.24) is 15.2 Å². The molecule has 0 bridgehead atoms. The van der Waals surface area contributed by atoms with Gasteiger partial charge in [-0.3, -0.25) is 9.69 Å². The predicted octanol–water partition coefficient (Wildman–Crippen LogP) is 4.67. The van der Waals surface area contributed by atoms with E-state index in [9.17, 15) is 13.6 Å². The number of fused-ring (bicyclic) bond motifs is 4. The summed E-state index contributed by atoms with van der Waals surface area (Å²) in [5.74, 6) is -0.214. The monoisotopic (exact) mass is 519 g/mol. The number of rotatable bonds is 4. The number of hydrogen-bond acceptors (Lipinski definition) is 5. The fourth-order valence-electron chi connectivity index (χ4n) is 5.54. The number of halogens is 3. The lowest BCUT2D eigenvalue weighted by Crippen LogP contribution is -2.47. The lowest BCUT2D eigenvalue weighted by Gasteiger charge is -2.36. The number of hydrogen-bond donors (Lipinski definition) is 2. The lowest BCUT2D eigenvalue weighted by atomic mass is 9.88. The molecule has 38 heavy (non-hydrogen) atoms. The van der Waals surface area contributed by atoms with Gasteiger partial charge in [-0.1, -0.05) is 18.7 Å². The SMILES string of the molecule is C=C1CNc2nc(F)c(-c3ccc(N4CCN(CC(F)F)CC4)cc3)cc2-c2cc3c(cc21)C(=O)NCC3. The Balaban J connectivity index is 1.32. The first-order chi connectivity index (χ1) is 18.4. The zero-order chi connectivity index (χ0) is 26.4. The van der Waals surface area contributed by atoms with Crippen molar-refractivity contribution < 1.29 is 18.0 Å². The summed E-state index contributed by atoms with van der Waals surface area (Å²) in [6.45, 7) is 7.46. The number of pyridine rings is 1. The summed E-state index contributed by atoms with van der Waals surface area (Å²) in [6.07, 6.45) is -1.60. The number of nitrogens with zero attached hydrogens (tertiary/aromatic N) is 3. The van der Waals surface area contributed by atoms with Crippen LogP contribution >= 0.6 is 0 Å². The largest absolute Gasteiger partial charge is 0.369 e. The quantitative estimate of drug-likeness (QED) is 0.491. The van der Waals surface area contributed by atoms with Crippen molar-refractivity contribution in [2.45, 2.75) is 12.8 Å². The van der Waals surface area contributed by atoms with E-state index in [1.807, 2.05) is 42.5 Å². The number of carbonyl (C=O) groups excluding carboxylic acids is 1. The van der Waals surface area contributed by atoms with Crippen LogP contribution in [0.4, 0.5) is 24.7 Å². The Morgan fingerprint density at radius 2 is 1.66 bits per heavy atom. The van der Waals surface area contributed by atoms with E-state index in [1.165, 1.54) is 0 Å². The highest BCUT2D eigenvalue weighted by Crippen LogP contribution is 2.41. The van der Waals surface area contributed by atoms with Gasteiger partial charge in [0.05, 0.1) is 6.54 Å². The molecule has 0 unspecified atom stereocenters. The average Bonchev–Trinajstić information content (AvgIpc) is 3.04. The second-order valence-corrected chi connectivity index (χ2v) is 9.97. The average molecular weight is 520 g/mol. The van der Waals surface area contributed by atoms with Crippen molar-refractivity contribution >= 4 is 23.0 Å².